The van der Waals surface area contributed by atoms with Gasteiger partial charge in [-0.05, 0) is 32.0 Å². The number of aromatic nitrogens is 1. The smallest absolute Gasteiger partial charge is 0.264 e. The van der Waals surface area contributed by atoms with Crippen molar-refractivity contribution in [1.29, 1.82) is 0 Å². The molecule has 5 nitrogen and oxygen atoms in total. The number of amides is 1. The van der Waals surface area contributed by atoms with Gasteiger partial charge in [0.25, 0.3) is 5.91 Å². The lowest BCUT2D eigenvalue weighted by molar-refractivity contribution is -0.136. The van der Waals surface area contributed by atoms with Crippen LogP contribution in [0.4, 0.5) is 5.69 Å². The number of pyridine rings is 1. The fourth-order valence-corrected chi connectivity index (χ4v) is 3.01. The maximum Gasteiger partial charge on any atom is 0.264 e. The van der Waals surface area contributed by atoms with Gasteiger partial charge in [-0.25, -0.2) is 0 Å². The molecule has 1 aromatic heterocycles. The third kappa shape index (κ3) is 2.43. The average Bonchev–Trinajstić information content (AvgIpc) is 2.77. The zero-order chi connectivity index (χ0) is 16.6. The van der Waals surface area contributed by atoms with Gasteiger partial charge in [0, 0.05) is 29.6 Å². The molecule has 1 atom stereocenters. The van der Waals surface area contributed by atoms with Gasteiger partial charge in [0.2, 0.25) is 0 Å². The van der Waals surface area contributed by atoms with E-state index in [-0.39, 0.29) is 18.2 Å². The number of hydrogen-bond acceptors (Lipinski definition) is 4. The van der Waals surface area contributed by atoms with E-state index < -0.39 is 11.5 Å². The van der Waals surface area contributed by atoms with Crippen LogP contribution in [0.1, 0.15) is 36.2 Å². The quantitative estimate of drug-likeness (QED) is 0.880. The number of aliphatic hydroxyl groups is 1. The van der Waals surface area contributed by atoms with E-state index in [2.05, 4.69) is 4.98 Å². The summed E-state index contributed by atoms with van der Waals surface area (Å²) in [5.74, 6) is -0.736. The number of para-hydroxylation sites is 1. The second-order valence-electron chi connectivity index (χ2n) is 5.98. The monoisotopic (exact) mass is 310 g/mol. The standard InChI is InChI=1S/C18H18N2O3/c1-12(2)20-15-6-4-3-5-14(15)18(23,17(20)22)11-16(21)13-7-9-19-10-8-13/h3-10,12,23H,11H2,1-2H3/t18-/m1/s1. The number of carbonyl (C=O) groups is 2. The Labute approximate surface area is 134 Å². The normalized spacial score (nSPS) is 20.0. The molecule has 0 unspecified atom stereocenters. The molecular formula is C18H18N2O3. The number of nitrogens with zero attached hydrogens (tertiary/aromatic N) is 2. The minimum absolute atomic E-state index is 0.103. The molecule has 0 spiro atoms. The number of fused-ring (bicyclic) bond motifs is 1. The van der Waals surface area contributed by atoms with Gasteiger partial charge in [-0.3, -0.25) is 14.6 Å². The Morgan fingerprint density at radius 2 is 1.87 bits per heavy atom. The summed E-state index contributed by atoms with van der Waals surface area (Å²) in [5, 5.41) is 11.0. The van der Waals surface area contributed by atoms with E-state index in [0.29, 0.717) is 16.8 Å². The van der Waals surface area contributed by atoms with E-state index in [9.17, 15) is 14.7 Å². The van der Waals surface area contributed by atoms with Crippen LogP contribution in [0.25, 0.3) is 0 Å². The Morgan fingerprint density at radius 1 is 1.22 bits per heavy atom. The minimum Gasteiger partial charge on any atom is -0.375 e. The molecule has 1 aliphatic rings. The van der Waals surface area contributed by atoms with Crippen molar-refractivity contribution in [2.24, 2.45) is 0 Å². The predicted octanol–water partition coefficient (Wildman–Crippen LogP) is 2.30. The van der Waals surface area contributed by atoms with Crippen LogP contribution in [-0.4, -0.2) is 27.8 Å². The molecule has 5 heteroatoms. The van der Waals surface area contributed by atoms with Gasteiger partial charge in [0.05, 0.1) is 12.1 Å². The third-order valence-corrected chi connectivity index (χ3v) is 4.12. The second-order valence-corrected chi connectivity index (χ2v) is 5.98. The average molecular weight is 310 g/mol. The highest BCUT2D eigenvalue weighted by molar-refractivity contribution is 6.11. The van der Waals surface area contributed by atoms with Gasteiger partial charge in [0.1, 0.15) is 0 Å². The van der Waals surface area contributed by atoms with Crippen LogP contribution < -0.4 is 4.90 Å². The van der Waals surface area contributed by atoms with E-state index >= 15 is 0 Å². The topological polar surface area (TPSA) is 70.5 Å². The molecule has 23 heavy (non-hydrogen) atoms. The van der Waals surface area contributed by atoms with Gasteiger partial charge in [-0.15, -0.1) is 0 Å². The van der Waals surface area contributed by atoms with E-state index in [4.69, 9.17) is 0 Å². The lowest BCUT2D eigenvalue weighted by atomic mass is 9.88. The summed E-state index contributed by atoms with van der Waals surface area (Å²) in [5.41, 5.74) is -0.235. The van der Waals surface area contributed by atoms with E-state index in [1.54, 1.807) is 35.2 Å². The molecule has 2 heterocycles. The van der Waals surface area contributed by atoms with Crippen LogP contribution in [0.5, 0.6) is 0 Å². The van der Waals surface area contributed by atoms with E-state index in [1.165, 1.54) is 12.4 Å². The first-order valence-corrected chi connectivity index (χ1v) is 7.54. The maximum atomic E-state index is 12.8. The van der Waals surface area contributed by atoms with Crippen LogP contribution in [-0.2, 0) is 10.4 Å². The molecule has 1 amide bonds. The Kier molecular flexibility index (Phi) is 3.74. The van der Waals surface area contributed by atoms with Crippen molar-refractivity contribution < 1.29 is 14.7 Å². The van der Waals surface area contributed by atoms with Crippen LogP contribution in [0.15, 0.2) is 48.8 Å². The lowest BCUT2D eigenvalue weighted by Crippen LogP contribution is -2.44. The molecule has 0 saturated carbocycles. The van der Waals surface area contributed by atoms with Gasteiger partial charge >= 0.3 is 0 Å². The highest BCUT2D eigenvalue weighted by Gasteiger charge is 2.51. The Hall–Kier alpha value is -2.53. The fraction of sp³-hybridized carbons (Fsp3) is 0.278. The summed E-state index contributed by atoms with van der Waals surface area (Å²) in [6.45, 7) is 3.76. The highest BCUT2D eigenvalue weighted by atomic mass is 16.3. The zero-order valence-electron chi connectivity index (χ0n) is 13.1. The van der Waals surface area contributed by atoms with Crippen molar-refractivity contribution in [3.8, 4) is 0 Å². The van der Waals surface area contributed by atoms with Crippen molar-refractivity contribution in [3.05, 3.63) is 59.9 Å². The molecule has 0 aliphatic carbocycles. The van der Waals surface area contributed by atoms with E-state index in [0.717, 1.165) is 0 Å². The molecule has 118 valence electrons. The summed E-state index contributed by atoms with van der Waals surface area (Å²) in [4.78, 5) is 30.7. The molecule has 0 bridgehead atoms. The van der Waals surface area contributed by atoms with Crippen molar-refractivity contribution >= 4 is 17.4 Å². The van der Waals surface area contributed by atoms with Crippen LogP contribution in [0.3, 0.4) is 0 Å². The number of hydrogen-bond donors (Lipinski definition) is 1. The molecule has 0 radical (unpaired) electrons. The summed E-state index contributed by atoms with van der Waals surface area (Å²) >= 11 is 0. The van der Waals surface area contributed by atoms with Crippen LogP contribution in [0, 0.1) is 0 Å². The van der Waals surface area contributed by atoms with Crippen LogP contribution in [0.2, 0.25) is 0 Å². The molecule has 1 N–H and O–H groups in total. The van der Waals surface area contributed by atoms with Gasteiger partial charge < -0.3 is 10.0 Å². The first-order chi connectivity index (χ1) is 10.9. The van der Waals surface area contributed by atoms with Gasteiger partial charge in [-0.1, -0.05) is 18.2 Å². The van der Waals surface area contributed by atoms with Crippen molar-refractivity contribution in [2.75, 3.05) is 4.90 Å². The summed E-state index contributed by atoms with van der Waals surface area (Å²) < 4.78 is 0. The highest BCUT2D eigenvalue weighted by Crippen LogP contribution is 2.43. The number of rotatable bonds is 4. The van der Waals surface area contributed by atoms with Gasteiger partial charge in [0.15, 0.2) is 11.4 Å². The molecule has 3 rings (SSSR count). The molecular weight excluding hydrogens is 292 g/mol. The number of ketones is 1. The Balaban J connectivity index is 2.01. The third-order valence-electron chi connectivity index (χ3n) is 4.12. The fourth-order valence-electron chi connectivity index (χ4n) is 3.01. The van der Waals surface area contributed by atoms with E-state index in [1.807, 2.05) is 19.9 Å². The summed E-state index contributed by atoms with van der Waals surface area (Å²) in [6, 6.07) is 10.1. The molecule has 0 fully saturated rings. The first kappa shape index (κ1) is 15.4. The Morgan fingerprint density at radius 3 is 2.52 bits per heavy atom. The largest absolute Gasteiger partial charge is 0.375 e. The van der Waals surface area contributed by atoms with Crippen molar-refractivity contribution in [2.45, 2.75) is 31.9 Å². The minimum atomic E-state index is -1.82. The summed E-state index contributed by atoms with van der Waals surface area (Å²) in [7, 11) is 0. The second kappa shape index (κ2) is 5.59. The Bertz CT molecular complexity index is 758. The first-order valence-electron chi connectivity index (χ1n) is 7.54. The molecule has 1 aliphatic heterocycles. The van der Waals surface area contributed by atoms with Crippen molar-refractivity contribution in [3.63, 3.8) is 0 Å². The number of anilines is 1. The number of benzene rings is 1. The summed E-state index contributed by atoms with van der Waals surface area (Å²) in [6.07, 6.45) is 2.75. The molecule has 1 aromatic carbocycles. The van der Waals surface area contributed by atoms with Gasteiger partial charge in [-0.2, -0.15) is 0 Å². The predicted molar refractivity (Wildman–Crippen MR) is 86.1 cm³/mol. The maximum absolute atomic E-state index is 12.8. The SMILES string of the molecule is CC(C)N1C(=O)[C@@](O)(CC(=O)c2ccncc2)c2ccccc21. The van der Waals surface area contributed by atoms with Crippen LogP contribution >= 0.6 is 0 Å². The van der Waals surface area contributed by atoms with Crippen molar-refractivity contribution in [1.82, 2.24) is 4.98 Å². The number of carbonyl (C=O) groups excluding carboxylic acids is 2. The number of Topliss-reactive ketones (excluding diaryl/α,β-unsaturated/α-hetero) is 1. The lowest BCUT2D eigenvalue weighted by Gasteiger charge is -2.25. The zero-order valence-corrected chi connectivity index (χ0v) is 13.1. The molecule has 2 aromatic rings. The molecule has 0 saturated heterocycles.